The smallest absolute Gasteiger partial charge is 0.252 e. The van der Waals surface area contributed by atoms with Gasteiger partial charge in [-0.2, -0.15) is 0 Å². The summed E-state index contributed by atoms with van der Waals surface area (Å²) < 4.78 is 0. The van der Waals surface area contributed by atoms with Gasteiger partial charge in [0.1, 0.15) is 5.60 Å². The number of nitrogens with zero attached hydrogens (tertiary/aromatic N) is 1. The molecule has 36 heavy (non-hydrogen) atoms. The van der Waals surface area contributed by atoms with E-state index in [-0.39, 0.29) is 11.3 Å². The van der Waals surface area contributed by atoms with E-state index < -0.39 is 5.60 Å². The van der Waals surface area contributed by atoms with Gasteiger partial charge in [0, 0.05) is 19.5 Å². The van der Waals surface area contributed by atoms with Crippen LogP contribution in [-0.4, -0.2) is 48.7 Å². The summed E-state index contributed by atoms with van der Waals surface area (Å²) in [5.74, 6) is 4.72. The molecular weight excluding hydrogens is 444 g/mol. The van der Waals surface area contributed by atoms with E-state index in [1.807, 2.05) is 14.1 Å². The first-order chi connectivity index (χ1) is 16.9. The number of allylic oxidation sites excluding steroid dienone is 1. The van der Waals surface area contributed by atoms with Crippen molar-refractivity contribution in [3.05, 3.63) is 11.6 Å². The highest BCUT2D eigenvalue weighted by Gasteiger charge is 2.60. The summed E-state index contributed by atoms with van der Waals surface area (Å²) in [5.41, 5.74) is 0.793. The molecule has 8 atom stereocenters. The molecule has 0 aliphatic heterocycles. The third-order valence-electron chi connectivity index (χ3n) is 11.6. The first-order valence-corrected chi connectivity index (χ1v) is 15.3. The quantitative estimate of drug-likeness (QED) is 0.358. The van der Waals surface area contributed by atoms with Crippen LogP contribution in [0.1, 0.15) is 105 Å². The molecule has 4 heteroatoms. The maximum atomic E-state index is 13.0. The lowest BCUT2D eigenvalue weighted by molar-refractivity contribution is -0.145. The molecule has 1 amide bonds. The molecule has 0 aromatic heterocycles. The highest BCUT2D eigenvalue weighted by atomic mass is 16.3. The Kier molecular flexibility index (Phi) is 8.38. The maximum absolute atomic E-state index is 13.0. The fourth-order valence-corrected chi connectivity index (χ4v) is 9.42. The number of hydrogen-bond acceptors (Lipinski definition) is 3. The Morgan fingerprint density at radius 3 is 2.53 bits per heavy atom. The van der Waals surface area contributed by atoms with Crippen LogP contribution in [0.15, 0.2) is 11.6 Å². The molecule has 0 spiro atoms. The fourth-order valence-electron chi connectivity index (χ4n) is 9.42. The summed E-state index contributed by atoms with van der Waals surface area (Å²) in [4.78, 5) is 15.0. The standard InChI is InChI=1S/C32H56N2O2/c1-22(2)9-8-10-23(3)26-13-14-27-25-12-11-24-21-32(36,29(35)33-19-20-34(6)7)18-17-30(24,4)28(25)15-16-31(26,27)5/h11,22-23,25-28,36H,8-10,12-21H2,1-7H3,(H,33,35)/t23?,25-,26+,27-,28-,30-,31+,32-/m0/s1. The van der Waals surface area contributed by atoms with Crippen LogP contribution in [-0.2, 0) is 4.79 Å². The van der Waals surface area contributed by atoms with Gasteiger partial charge >= 0.3 is 0 Å². The summed E-state index contributed by atoms with van der Waals surface area (Å²) in [6.07, 6.45) is 15.4. The van der Waals surface area contributed by atoms with Crippen LogP contribution in [0.2, 0.25) is 0 Å². The highest BCUT2D eigenvalue weighted by Crippen LogP contribution is 2.67. The average molecular weight is 501 g/mol. The topological polar surface area (TPSA) is 52.6 Å². The lowest BCUT2D eigenvalue weighted by Gasteiger charge is -2.59. The van der Waals surface area contributed by atoms with E-state index >= 15 is 0 Å². The number of hydrogen-bond donors (Lipinski definition) is 2. The molecule has 0 aromatic carbocycles. The van der Waals surface area contributed by atoms with Crippen LogP contribution in [0.5, 0.6) is 0 Å². The van der Waals surface area contributed by atoms with Crippen molar-refractivity contribution in [2.45, 2.75) is 111 Å². The molecule has 206 valence electrons. The molecule has 4 aliphatic carbocycles. The summed E-state index contributed by atoms with van der Waals surface area (Å²) in [6, 6.07) is 0. The van der Waals surface area contributed by atoms with E-state index in [1.54, 1.807) is 0 Å². The molecule has 3 fully saturated rings. The average Bonchev–Trinajstić information content (AvgIpc) is 3.16. The number of likely N-dealkylation sites (N-methyl/N-ethyl adjacent to an activating group) is 1. The predicted octanol–water partition coefficient (Wildman–Crippen LogP) is 6.44. The molecule has 0 saturated heterocycles. The third-order valence-corrected chi connectivity index (χ3v) is 11.6. The van der Waals surface area contributed by atoms with Crippen LogP contribution in [0, 0.1) is 46.3 Å². The minimum atomic E-state index is -1.24. The molecular formula is C32H56N2O2. The summed E-state index contributed by atoms with van der Waals surface area (Å²) in [6.45, 7) is 13.8. The van der Waals surface area contributed by atoms with Gasteiger partial charge in [0.2, 0.25) is 0 Å². The minimum absolute atomic E-state index is 0.154. The number of fused-ring (bicyclic) bond motifs is 5. The first-order valence-electron chi connectivity index (χ1n) is 15.3. The van der Waals surface area contributed by atoms with Crippen LogP contribution < -0.4 is 5.32 Å². The Morgan fingerprint density at radius 2 is 1.83 bits per heavy atom. The summed E-state index contributed by atoms with van der Waals surface area (Å²) in [5, 5.41) is 14.4. The largest absolute Gasteiger partial charge is 0.380 e. The van der Waals surface area contributed by atoms with Crippen LogP contribution >= 0.6 is 0 Å². The van der Waals surface area contributed by atoms with Gasteiger partial charge in [-0.3, -0.25) is 4.79 Å². The zero-order chi connectivity index (χ0) is 26.3. The molecule has 3 saturated carbocycles. The van der Waals surface area contributed by atoms with E-state index in [4.69, 9.17) is 0 Å². The summed E-state index contributed by atoms with van der Waals surface area (Å²) >= 11 is 0. The van der Waals surface area contributed by atoms with Crippen molar-refractivity contribution in [3.63, 3.8) is 0 Å². The Balaban J connectivity index is 1.44. The van der Waals surface area contributed by atoms with Gasteiger partial charge in [0.05, 0.1) is 0 Å². The van der Waals surface area contributed by atoms with Crippen LogP contribution in [0.3, 0.4) is 0 Å². The van der Waals surface area contributed by atoms with Gasteiger partial charge < -0.3 is 15.3 Å². The molecule has 0 aromatic rings. The molecule has 4 rings (SSSR count). The van der Waals surface area contributed by atoms with Crippen molar-refractivity contribution in [3.8, 4) is 0 Å². The minimum Gasteiger partial charge on any atom is -0.380 e. The van der Waals surface area contributed by atoms with Crippen molar-refractivity contribution < 1.29 is 9.90 Å². The molecule has 0 radical (unpaired) electrons. The Hall–Kier alpha value is -0.870. The van der Waals surface area contributed by atoms with E-state index in [0.29, 0.717) is 30.7 Å². The molecule has 4 aliphatic rings. The van der Waals surface area contributed by atoms with E-state index in [2.05, 4.69) is 50.9 Å². The van der Waals surface area contributed by atoms with Crippen molar-refractivity contribution in [2.75, 3.05) is 27.2 Å². The van der Waals surface area contributed by atoms with Crippen molar-refractivity contribution >= 4 is 5.91 Å². The molecule has 2 N–H and O–H groups in total. The van der Waals surface area contributed by atoms with Gasteiger partial charge in [0.15, 0.2) is 0 Å². The van der Waals surface area contributed by atoms with Gasteiger partial charge in [-0.15, -0.1) is 0 Å². The molecule has 0 bridgehead atoms. The second-order valence-electron chi connectivity index (χ2n) is 14.6. The third kappa shape index (κ3) is 5.20. The van der Waals surface area contributed by atoms with Gasteiger partial charge in [-0.1, -0.05) is 65.5 Å². The molecule has 0 heterocycles. The van der Waals surface area contributed by atoms with E-state index in [9.17, 15) is 9.90 Å². The Morgan fingerprint density at radius 1 is 1.08 bits per heavy atom. The second kappa shape index (κ2) is 10.7. The zero-order valence-electron chi connectivity index (χ0n) is 24.5. The second-order valence-corrected chi connectivity index (χ2v) is 14.6. The number of nitrogens with one attached hydrogen (secondary N) is 1. The normalized spacial score (nSPS) is 40.9. The molecule has 1 unspecified atom stereocenters. The van der Waals surface area contributed by atoms with Gasteiger partial charge in [-0.25, -0.2) is 0 Å². The fraction of sp³-hybridized carbons (Fsp3) is 0.906. The Labute approximate surface area is 222 Å². The zero-order valence-corrected chi connectivity index (χ0v) is 24.5. The van der Waals surface area contributed by atoms with Gasteiger partial charge in [0.25, 0.3) is 5.91 Å². The van der Waals surface area contributed by atoms with Crippen LogP contribution in [0.25, 0.3) is 0 Å². The monoisotopic (exact) mass is 500 g/mol. The lowest BCUT2D eigenvalue weighted by Crippen LogP contribution is -2.56. The van der Waals surface area contributed by atoms with E-state index in [1.165, 1.54) is 50.5 Å². The summed E-state index contributed by atoms with van der Waals surface area (Å²) in [7, 11) is 4.01. The highest BCUT2D eigenvalue weighted by molar-refractivity contribution is 5.85. The number of rotatable bonds is 9. The van der Waals surface area contributed by atoms with Crippen molar-refractivity contribution in [1.29, 1.82) is 0 Å². The number of carbonyl (C=O) groups excluding carboxylic acids is 1. The predicted molar refractivity (Wildman–Crippen MR) is 150 cm³/mol. The first kappa shape index (κ1) is 28.1. The number of carbonyl (C=O) groups is 1. The number of amides is 1. The SMILES string of the molecule is CC(C)CCCC(C)[C@H]1CC[C@H]2[C@@H]3CC=C4C[C@](O)(C(=O)NCCN(C)C)CC[C@]4(C)[C@H]3CC[C@]12C. The molecule has 4 nitrogen and oxygen atoms in total. The van der Waals surface area contributed by atoms with Crippen LogP contribution in [0.4, 0.5) is 0 Å². The van der Waals surface area contributed by atoms with Gasteiger partial charge in [-0.05, 0) is 105 Å². The van der Waals surface area contributed by atoms with E-state index in [0.717, 1.165) is 49.0 Å². The maximum Gasteiger partial charge on any atom is 0.252 e. The Bertz CT molecular complexity index is 821. The number of aliphatic hydroxyl groups is 1. The lowest BCUT2D eigenvalue weighted by atomic mass is 9.46. The van der Waals surface area contributed by atoms with Crippen molar-refractivity contribution in [2.24, 2.45) is 46.3 Å². The van der Waals surface area contributed by atoms with Crippen molar-refractivity contribution in [1.82, 2.24) is 10.2 Å².